The van der Waals surface area contributed by atoms with Crippen LogP contribution in [0.3, 0.4) is 0 Å². The number of fused-ring (bicyclic) bond motifs is 1. The molecular formula is C28H27Cl2N5O6. The number of aliphatic hydroxyl groups excluding tert-OH is 2. The summed E-state index contributed by atoms with van der Waals surface area (Å²) in [5, 5.41) is 44.0. The van der Waals surface area contributed by atoms with E-state index < -0.39 is 12.6 Å². The molecule has 0 bridgehead atoms. The van der Waals surface area contributed by atoms with E-state index in [1.165, 1.54) is 31.6 Å². The van der Waals surface area contributed by atoms with Gasteiger partial charge in [0.15, 0.2) is 6.23 Å². The number of halogens is 2. The molecule has 1 atom stereocenters. The number of rotatable bonds is 8. The molecule has 0 saturated carbocycles. The molecule has 13 heteroatoms. The lowest BCUT2D eigenvalue weighted by Gasteiger charge is -2.36. The predicted molar refractivity (Wildman–Crippen MR) is 153 cm³/mol. The third kappa shape index (κ3) is 5.77. The van der Waals surface area contributed by atoms with Crippen LogP contribution in [0.25, 0.3) is 22.0 Å². The zero-order valence-corrected chi connectivity index (χ0v) is 23.6. The first-order valence-electron chi connectivity index (χ1n) is 12.6. The van der Waals surface area contributed by atoms with Gasteiger partial charge in [-0.1, -0.05) is 23.2 Å². The number of methoxy groups -OCH3 is 2. The van der Waals surface area contributed by atoms with Crippen LogP contribution in [0, 0.1) is 11.3 Å². The number of piperazine rings is 1. The molecular weight excluding hydrogens is 573 g/mol. The molecule has 0 aliphatic carbocycles. The summed E-state index contributed by atoms with van der Waals surface area (Å²) in [7, 11) is 3.03. The molecule has 41 heavy (non-hydrogen) atoms. The van der Waals surface area contributed by atoms with E-state index in [4.69, 9.17) is 37.1 Å². The second-order valence-electron chi connectivity index (χ2n) is 9.35. The normalized spacial score (nSPS) is 15.2. The maximum Gasteiger partial charge on any atom is 0.213 e. The van der Waals surface area contributed by atoms with Crippen molar-refractivity contribution in [1.82, 2.24) is 14.8 Å². The van der Waals surface area contributed by atoms with E-state index in [9.17, 15) is 20.6 Å². The van der Waals surface area contributed by atoms with Crippen molar-refractivity contribution in [2.75, 3.05) is 45.7 Å². The number of aliphatic hydroxyl groups is 3. The van der Waals surface area contributed by atoms with Crippen molar-refractivity contribution in [1.29, 1.82) is 5.26 Å². The van der Waals surface area contributed by atoms with Crippen LogP contribution >= 0.6 is 23.2 Å². The fraction of sp³-hybridized carbons (Fsp3) is 0.286. The van der Waals surface area contributed by atoms with Gasteiger partial charge >= 0.3 is 0 Å². The molecule has 0 spiro atoms. The van der Waals surface area contributed by atoms with Crippen LogP contribution in [0.4, 0.5) is 11.4 Å². The zero-order chi connectivity index (χ0) is 29.3. The van der Waals surface area contributed by atoms with Crippen LogP contribution in [0.2, 0.25) is 10.0 Å². The third-order valence-electron chi connectivity index (χ3n) is 7.02. The van der Waals surface area contributed by atoms with Gasteiger partial charge in [0.05, 0.1) is 53.0 Å². The zero-order valence-electron chi connectivity index (χ0n) is 22.1. The van der Waals surface area contributed by atoms with Crippen molar-refractivity contribution >= 4 is 45.5 Å². The van der Waals surface area contributed by atoms with E-state index >= 15 is 0 Å². The van der Waals surface area contributed by atoms with E-state index in [2.05, 4.69) is 16.4 Å². The smallest absolute Gasteiger partial charge is 0.213 e. The van der Waals surface area contributed by atoms with E-state index in [0.29, 0.717) is 92.5 Å². The summed E-state index contributed by atoms with van der Waals surface area (Å²) in [6.45, 7) is 1.64. The van der Waals surface area contributed by atoms with Gasteiger partial charge in [-0.3, -0.25) is 14.8 Å². The fourth-order valence-electron chi connectivity index (χ4n) is 4.77. The molecule has 11 nitrogen and oxygen atoms in total. The third-order valence-corrected chi connectivity index (χ3v) is 7.63. The first-order chi connectivity index (χ1) is 19.7. The lowest BCUT2D eigenvalue weighted by atomic mass is 10.0. The number of aromatic nitrogens is 1. The predicted octanol–water partition coefficient (Wildman–Crippen LogP) is 4.31. The topological polar surface area (TPSA) is 147 Å². The molecule has 2 aromatic carbocycles. The average Bonchev–Trinajstić information content (AvgIpc) is 3.47. The van der Waals surface area contributed by atoms with E-state index in [0.717, 1.165) is 0 Å². The second kappa shape index (κ2) is 12.1. The van der Waals surface area contributed by atoms with Crippen LogP contribution < -0.4 is 14.8 Å². The summed E-state index contributed by atoms with van der Waals surface area (Å²) >= 11 is 12.6. The summed E-state index contributed by atoms with van der Waals surface area (Å²) in [6, 6.07) is 10.7. The van der Waals surface area contributed by atoms with Crippen LogP contribution in [0.15, 0.2) is 47.2 Å². The van der Waals surface area contributed by atoms with Crippen LogP contribution in [-0.2, 0) is 0 Å². The number of pyridine rings is 1. The number of anilines is 2. The Morgan fingerprint density at radius 2 is 1.68 bits per heavy atom. The minimum atomic E-state index is -1.52. The van der Waals surface area contributed by atoms with Gasteiger partial charge in [0, 0.05) is 55.0 Å². The molecule has 214 valence electrons. The Bertz CT molecular complexity index is 1610. The number of furan rings is 1. The summed E-state index contributed by atoms with van der Waals surface area (Å²) in [6.07, 6.45) is 0.458. The first-order valence-corrected chi connectivity index (χ1v) is 13.3. The van der Waals surface area contributed by atoms with Crippen molar-refractivity contribution in [3.63, 3.8) is 0 Å². The fourth-order valence-corrected chi connectivity index (χ4v) is 5.28. The molecule has 4 N–H and O–H groups in total. The van der Waals surface area contributed by atoms with Crippen LogP contribution in [0.1, 0.15) is 17.6 Å². The molecule has 3 heterocycles. The average molecular weight is 600 g/mol. The lowest BCUT2D eigenvalue weighted by molar-refractivity contribution is -0.173. The van der Waals surface area contributed by atoms with Crippen molar-refractivity contribution in [2.24, 2.45) is 0 Å². The molecule has 2 aromatic heterocycles. The molecule has 1 fully saturated rings. The van der Waals surface area contributed by atoms with Gasteiger partial charge in [-0.2, -0.15) is 5.26 Å². The lowest BCUT2D eigenvalue weighted by Crippen LogP contribution is -2.51. The van der Waals surface area contributed by atoms with Gasteiger partial charge < -0.3 is 34.5 Å². The molecule has 1 saturated heterocycles. The maximum absolute atomic E-state index is 10.9. The summed E-state index contributed by atoms with van der Waals surface area (Å²) in [4.78, 5) is 7.78. The van der Waals surface area contributed by atoms with Crippen LogP contribution in [-0.4, -0.2) is 76.9 Å². The highest BCUT2D eigenvalue weighted by Gasteiger charge is 2.28. The second-order valence-corrected chi connectivity index (χ2v) is 10.2. The Balaban J connectivity index is 1.49. The van der Waals surface area contributed by atoms with E-state index in [1.54, 1.807) is 29.2 Å². The SMILES string of the molecule is COc1cc(Nc2c(C#N)cnc3cc(-c4coc(C(O)N5CCN(C(O)O)CC5)c4)c(OC)cc23)c(Cl)cc1Cl. The number of nitrogens with zero attached hydrogens (tertiary/aromatic N) is 4. The van der Waals surface area contributed by atoms with Gasteiger partial charge in [0.2, 0.25) is 6.41 Å². The first kappa shape index (κ1) is 28.9. The number of ether oxygens (including phenoxy) is 2. The van der Waals surface area contributed by atoms with E-state index in [1.807, 2.05) is 6.07 Å². The van der Waals surface area contributed by atoms with Gasteiger partial charge in [-0.05, 0) is 24.3 Å². The van der Waals surface area contributed by atoms with Gasteiger partial charge in [-0.25, -0.2) is 0 Å². The van der Waals surface area contributed by atoms with Crippen molar-refractivity contribution in [3.8, 4) is 28.7 Å². The number of benzene rings is 2. The standard InChI is InChI=1S/C28H27Cl2N5O6/c1-39-23-9-18-21(32-13-16(12-31)26(18)33-22-11-24(40-2)20(30)10-19(22)29)8-17(23)15-7-25(41-14-15)27(36)34-3-5-35(6-4-34)28(37)38/h7-11,13-14,27-28,36-38H,3-6H2,1-2H3,(H,32,33). The molecule has 4 aromatic rings. The quantitative estimate of drug-likeness (QED) is 0.215. The van der Waals surface area contributed by atoms with Crippen molar-refractivity contribution in [2.45, 2.75) is 12.6 Å². The molecule has 1 aliphatic rings. The highest BCUT2D eigenvalue weighted by Crippen LogP contribution is 2.41. The summed E-state index contributed by atoms with van der Waals surface area (Å²) in [5.41, 5.74) is 3.16. The molecule has 0 radical (unpaired) electrons. The Labute approximate surface area is 245 Å². The van der Waals surface area contributed by atoms with Crippen LogP contribution in [0.5, 0.6) is 11.5 Å². The van der Waals surface area contributed by atoms with Crippen molar-refractivity contribution < 1.29 is 29.2 Å². The van der Waals surface area contributed by atoms with Crippen molar-refractivity contribution in [3.05, 3.63) is 64.2 Å². The number of nitrogens with one attached hydrogen (secondary N) is 1. The number of hydrogen-bond acceptors (Lipinski definition) is 11. The monoisotopic (exact) mass is 599 g/mol. The minimum Gasteiger partial charge on any atom is -0.496 e. The van der Waals surface area contributed by atoms with Gasteiger partial charge in [0.25, 0.3) is 0 Å². The Hall–Kier alpha value is -3.60. The summed E-state index contributed by atoms with van der Waals surface area (Å²) in [5.74, 6) is 1.24. The number of hydrogen-bond donors (Lipinski definition) is 4. The summed E-state index contributed by atoms with van der Waals surface area (Å²) < 4.78 is 16.8. The molecule has 1 unspecified atom stereocenters. The molecule has 0 amide bonds. The Kier molecular flexibility index (Phi) is 8.53. The van der Waals surface area contributed by atoms with Gasteiger partial charge in [0.1, 0.15) is 23.3 Å². The van der Waals surface area contributed by atoms with Gasteiger partial charge in [-0.15, -0.1) is 0 Å². The Morgan fingerprint density at radius 1 is 0.976 bits per heavy atom. The molecule has 5 rings (SSSR count). The minimum absolute atomic E-state index is 0.292. The number of nitriles is 1. The molecule has 1 aliphatic heterocycles. The Morgan fingerprint density at radius 3 is 2.34 bits per heavy atom. The largest absolute Gasteiger partial charge is 0.496 e. The highest BCUT2D eigenvalue weighted by molar-refractivity contribution is 6.37. The van der Waals surface area contributed by atoms with E-state index in [-0.39, 0.29) is 0 Å². The maximum atomic E-state index is 10.9. The highest BCUT2D eigenvalue weighted by atomic mass is 35.5.